The van der Waals surface area contributed by atoms with Gasteiger partial charge >= 0.3 is 6.18 Å². The van der Waals surface area contributed by atoms with Gasteiger partial charge in [-0.25, -0.2) is 47.7 Å². The molecule has 0 saturated carbocycles. The summed E-state index contributed by atoms with van der Waals surface area (Å²) in [6.45, 7) is 12.9. The minimum absolute atomic E-state index is 0.0210. The lowest BCUT2D eigenvalue weighted by atomic mass is 10.1. The highest BCUT2D eigenvalue weighted by atomic mass is 35.5. The van der Waals surface area contributed by atoms with E-state index in [0.717, 1.165) is 45.9 Å². The molecule has 17 nitrogen and oxygen atoms in total. The smallest absolute Gasteiger partial charge is 0.433 e. The first-order valence-electron chi connectivity index (χ1n) is 28.8. The first-order valence-corrected chi connectivity index (χ1v) is 29.9. The Balaban J connectivity index is 0.000000155. The fourth-order valence-electron chi connectivity index (χ4n) is 9.59. The zero-order valence-electron chi connectivity index (χ0n) is 52.0. The number of nitrogens with zero attached hydrogens (tertiary/aromatic N) is 12. The van der Waals surface area contributed by atoms with Crippen LogP contribution in [0, 0.1) is 41.5 Å². The van der Waals surface area contributed by atoms with Gasteiger partial charge in [0.25, 0.3) is 0 Å². The van der Waals surface area contributed by atoms with Crippen LogP contribution in [0.4, 0.5) is 22.0 Å². The van der Waals surface area contributed by atoms with E-state index in [1.165, 1.54) is 34.8 Å². The number of aryl methyl sites for hydroxylation is 6. The van der Waals surface area contributed by atoms with Crippen LogP contribution in [0.15, 0.2) is 160 Å². The number of rotatable bonds is 11. The summed E-state index contributed by atoms with van der Waals surface area (Å²) in [5.41, 5.74) is 7.22. The number of aromatic nitrogens is 12. The maximum atomic E-state index is 15.3. The fourth-order valence-corrected chi connectivity index (χ4v) is 9.97. The van der Waals surface area contributed by atoms with Gasteiger partial charge in [0.2, 0.25) is 28.0 Å². The molecule has 3 aromatic carbocycles. The van der Waals surface area contributed by atoms with Gasteiger partial charge in [0, 0.05) is 62.9 Å². The van der Waals surface area contributed by atoms with Gasteiger partial charge in [-0.1, -0.05) is 34.8 Å². The van der Waals surface area contributed by atoms with E-state index in [-0.39, 0.29) is 27.7 Å². The fraction of sp³-hybridized carbons (Fsp3) is 0.143. The third-order valence-electron chi connectivity index (χ3n) is 14.9. The lowest BCUT2D eigenvalue weighted by Gasteiger charge is -2.14. The molecule has 9 heterocycles. The van der Waals surface area contributed by atoms with Crippen LogP contribution in [-0.2, 0) is 6.18 Å². The quantitative estimate of drug-likeness (QED) is 0.111. The van der Waals surface area contributed by atoms with E-state index in [1.54, 1.807) is 117 Å². The lowest BCUT2D eigenvalue weighted by molar-refractivity contribution is -0.141. The average Bonchev–Trinajstić information content (AvgIpc) is 0.826. The maximum absolute atomic E-state index is 15.3. The molecule has 25 heteroatoms. The van der Waals surface area contributed by atoms with Crippen molar-refractivity contribution in [1.82, 2.24) is 59.2 Å². The molecule has 0 fully saturated rings. The number of hydrogen-bond acceptors (Lipinski definition) is 14. The number of fused-ring (bicyclic) bond motifs is 3. The Morgan fingerprint density at radius 1 is 0.442 bits per heavy atom. The highest BCUT2D eigenvalue weighted by Gasteiger charge is 2.32. The zero-order valence-corrected chi connectivity index (χ0v) is 54.3. The zero-order chi connectivity index (χ0) is 68.2. The molecule has 0 unspecified atom stereocenters. The Bertz CT molecular complexity index is 5040. The molecule has 0 bridgehead atoms. The average molecular weight is 1340 g/mol. The molecule has 0 aliphatic heterocycles. The van der Waals surface area contributed by atoms with Crippen molar-refractivity contribution in [3.05, 3.63) is 265 Å². The van der Waals surface area contributed by atoms with E-state index in [1.807, 2.05) is 71.0 Å². The van der Waals surface area contributed by atoms with Gasteiger partial charge in [0.15, 0.2) is 23.0 Å². The second-order valence-electron chi connectivity index (χ2n) is 21.5. The molecule has 0 aliphatic carbocycles. The molecule has 0 atom stereocenters. The van der Waals surface area contributed by atoms with Crippen molar-refractivity contribution >= 4 is 103 Å². The Labute approximate surface area is 553 Å². The van der Waals surface area contributed by atoms with Gasteiger partial charge in [-0.3, -0.25) is 19.4 Å². The topological polar surface area (TPSA) is 200 Å². The second-order valence-corrected chi connectivity index (χ2v) is 22.8. The number of allylic oxidation sites excluding steroid dienone is 1. The van der Waals surface area contributed by atoms with Crippen molar-refractivity contribution in [1.29, 1.82) is 0 Å². The van der Waals surface area contributed by atoms with E-state index < -0.39 is 40.1 Å². The molecule has 0 aliphatic rings. The molecule has 95 heavy (non-hydrogen) atoms. The highest BCUT2D eigenvalue weighted by Crippen LogP contribution is 2.31. The summed E-state index contributed by atoms with van der Waals surface area (Å²) in [4.78, 5) is 64.2. The van der Waals surface area contributed by atoms with Crippen molar-refractivity contribution in [2.45, 2.75) is 54.6 Å². The largest absolute Gasteiger partial charge is 0.481 e. The third kappa shape index (κ3) is 15.1. The van der Waals surface area contributed by atoms with Crippen molar-refractivity contribution < 1.29 is 31.4 Å². The molecule has 0 amide bonds. The lowest BCUT2D eigenvalue weighted by Crippen LogP contribution is -2.19. The number of ether oxygens (including phenoxy) is 2. The van der Waals surface area contributed by atoms with E-state index >= 15 is 8.78 Å². The molecule has 0 radical (unpaired) electrons. The van der Waals surface area contributed by atoms with Gasteiger partial charge in [-0.2, -0.15) is 28.5 Å². The molecule has 12 aromatic rings. The summed E-state index contributed by atoms with van der Waals surface area (Å²) in [7, 11) is 3.03. The van der Waals surface area contributed by atoms with E-state index in [0.29, 0.717) is 94.6 Å². The van der Waals surface area contributed by atoms with Gasteiger partial charge in [-0.15, -0.1) is 0 Å². The van der Waals surface area contributed by atoms with Crippen LogP contribution in [0.1, 0.15) is 80.2 Å². The molecule has 0 spiro atoms. The standard InChI is InChI=1S/C24H21ClN4O2.C23H15ClF4N4O.C23H18ClFN4O2/c1-14-12-20-23(27-16(14)3)24(30)22(28-29(20)19-7-5-18(25)6-8-19)15(2)11-17-9-10-26-21(13-17)31-4;1-12-9-18-21(30-13(12)2)22(33)20(31-32(18)16-5-3-15(24)4-6-16)17(25)10-14-7-8-29-19(11-14)23(26,27)28;1-13-10-19-22(27-14(13)2)23(30)21(28-29(19)17-6-4-16(24)5-7-17)18(25)11-15-8-9-26-20(12-15)31-3/h5-13H,1-4H3;3-11H,1-2H3;4-12H,1-3H3/b15-11+;17-10-;18-11-. The van der Waals surface area contributed by atoms with Gasteiger partial charge in [0.1, 0.15) is 27.9 Å². The molecular weight excluding hydrogens is 1290 g/mol. The number of hydrogen-bond donors (Lipinski definition) is 0. The first kappa shape index (κ1) is 67.2. The van der Waals surface area contributed by atoms with E-state index in [9.17, 15) is 27.6 Å². The number of alkyl halides is 3. The monoisotopic (exact) mass is 1340 g/mol. The van der Waals surface area contributed by atoms with Crippen molar-refractivity contribution in [2.24, 2.45) is 0 Å². The van der Waals surface area contributed by atoms with Crippen LogP contribution in [0.2, 0.25) is 15.1 Å². The number of pyridine rings is 6. The first-order chi connectivity index (χ1) is 45.3. The second kappa shape index (κ2) is 28.3. The van der Waals surface area contributed by atoms with Gasteiger partial charge in [-0.05, 0) is 221 Å². The predicted octanol–water partition coefficient (Wildman–Crippen LogP) is 15.9. The van der Waals surface area contributed by atoms with Crippen LogP contribution >= 0.6 is 34.8 Å². The van der Waals surface area contributed by atoms with E-state index in [4.69, 9.17) is 49.4 Å². The van der Waals surface area contributed by atoms with Crippen LogP contribution in [0.25, 0.3) is 85.6 Å². The number of benzene rings is 3. The Hall–Kier alpha value is -10.7. The van der Waals surface area contributed by atoms with Crippen LogP contribution in [0.3, 0.4) is 0 Å². The highest BCUT2D eigenvalue weighted by molar-refractivity contribution is 6.31. The summed E-state index contributed by atoms with van der Waals surface area (Å²) in [5.74, 6) is -1.06. The molecule has 480 valence electrons. The molecule has 9 aromatic heterocycles. The summed E-state index contributed by atoms with van der Waals surface area (Å²) >= 11 is 18.0. The summed E-state index contributed by atoms with van der Waals surface area (Å²) in [6.07, 6.45) is 3.27. The normalized spacial score (nSPS) is 11.9. The van der Waals surface area contributed by atoms with Gasteiger partial charge < -0.3 is 9.47 Å². The van der Waals surface area contributed by atoms with Crippen molar-refractivity contribution in [2.75, 3.05) is 14.2 Å². The SMILES string of the molecule is COc1cc(/C=C(\C)c2nn(-c3ccc(Cl)cc3)c3cc(C)c(C)nc3c2=O)ccn1.COc1cc(/C=C(\F)c2nn(-c3ccc(Cl)cc3)c3cc(C)c(C)nc3c2=O)ccn1.Cc1cc2c(nc1C)c(=O)c(/C(F)=C/c1ccnc(C(F)(F)F)c1)nn2-c1ccc(Cl)cc1. The van der Waals surface area contributed by atoms with Crippen LogP contribution < -0.4 is 25.8 Å². The molecule has 0 N–H and O–H groups in total. The van der Waals surface area contributed by atoms with E-state index in [2.05, 4.69) is 40.1 Å². The van der Waals surface area contributed by atoms with Crippen molar-refractivity contribution in [3.63, 3.8) is 0 Å². The summed E-state index contributed by atoms with van der Waals surface area (Å²) < 4.78 is 84.2. The molecule has 12 rings (SSSR count). The Morgan fingerprint density at radius 3 is 1.11 bits per heavy atom. The number of methoxy groups -OCH3 is 2. The molecular formula is C70H54Cl3F5N12O5. The number of halogens is 8. The minimum Gasteiger partial charge on any atom is -0.481 e. The predicted molar refractivity (Wildman–Crippen MR) is 361 cm³/mol. The van der Waals surface area contributed by atoms with Crippen LogP contribution in [0.5, 0.6) is 11.8 Å². The summed E-state index contributed by atoms with van der Waals surface area (Å²) in [6, 6.07) is 34.9. The maximum Gasteiger partial charge on any atom is 0.433 e. The van der Waals surface area contributed by atoms with Gasteiger partial charge in [0.05, 0.1) is 47.8 Å². The molecule has 0 saturated heterocycles. The Kier molecular flexibility index (Phi) is 20.0. The minimum atomic E-state index is -4.69. The third-order valence-corrected chi connectivity index (χ3v) is 15.7. The van der Waals surface area contributed by atoms with Crippen LogP contribution in [-0.4, -0.2) is 73.5 Å². The Morgan fingerprint density at radius 2 is 0.758 bits per heavy atom. The van der Waals surface area contributed by atoms with Crippen molar-refractivity contribution in [3.8, 4) is 28.8 Å². The summed E-state index contributed by atoms with van der Waals surface area (Å²) in [5, 5.41) is 14.9.